The zero-order valence-electron chi connectivity index (χ0n) is 16.3. The lowest BCUT2D eigenvalue weighted by Gasteiger charge is -2.15. The average molecular weight is 437 g/mol. The van der Waals surface area contributed by atoms with E-state index in [0.29, 0.717) is 10.9 Å². The third-order valence-corrected chi connectivity index (χ3v) is 4.12. The summed E-state index contributed by atoms with van der Waals surface area (Å²) in [7, 11) is 1.44. The van der Waals surface area contributed by atoms with Gasteiger partial charge in [0.25, 0.3) is 5.91 Å². The van der Waals surface area contributed by atoms with Crippen molar-refractivity contribution in [3.8, 4) is 5.75 Å². The Kier molecular flexibility index (Phi) is 6.75. The molecule has 0 spiro atoms. The first-order valence-electron chi connectivity index (χ1n) is 9.02. The van der Waals surface area contributed by atoms with Crippen molar-refractivity contribution in [3.05, 3.63) is 53.7 Å². The van der Waals surface area contributed by atoms with E-state index in [0.717, 1.165) is 18.2 Å². The summed E-state index contributed by atoms with van der Waals surface area (Å²) in [5.41, 5.74) is -0.578. The summed E-state index contributed by atoms with van der Waals surface area (Å²) in [6.45, 7) is -0.469. The molecule has 0 saturated carbocycles. The Hall–Kier alpha value is -3.60. The molecule has 1 amide bonds. The Bertz CT molecular complexity index is 1080. The van der Waals surface area contributed by atoms with Crippen LogP contribution in [0, 0.1) is 0 Å². The average Bonchev–Trinajstić information content (AvgIpc) is 3.17. The summed E-state index contributed by atoms with van der Waals surface area (Å²) >= 11 is 0. The minimum Gasteiger partial charge on any atom is -0.489 e. The third kappa shape index (κ3) is 5.51. The van der Waals surface area contributed by atoms with E-state index in [4.69, 9.17) is 14.2 Å². The maximum atomic E-state index is 13.0. The Morgan fingerprint density at radius 1 is 1.13 bits per heavy atom. The number of halogens is 3. The fourth-order valence-corrected chi connectivity index (χ4v) is 2.67. The topological polar surface area (TPSA) is 103 Å². The molecule has 2 N–H and O–H groups in total. The molecule has 3 aromatic rings. The highest BCUT2D eigenvalue weighted by atomic mass is 19.4. The van der Waals surface area contributed by atoms with Crippen LogP contribution in [0.1, 0.15) is 16.1 Å². The van der Waals surface area contributed by atoms with Gasteiger partial charge in [-0.3, -0.25) is 9.89 Å². The quantitative estimate of drug-likeness (QED) is 0.414. The monoisotopic (exact) mass is 437 g/mol. The summed E-state index contributed by atoms with van der Waals surface area (Å²) in [4.78, 5) is 24.4. The molecule has 0 aliphatic carbocycles. The Morgan fingerprint density at radius 3 is 2.65 bits per heavy atom. The van der Waals surface area contributed by atoms with Crippen LogP contribution >= 0.6 is 0 Å². The number of ether oxygens (including phenoxy) is 3. The van der Waals surface area contributed by atoms with Gasteiger partial charge < -0.3 is 19.5 Å². The van der Waals surface area contributed by atoms with Gasteiger partial charge in [-0.25, -0.2) is 4.79 Å². The van der Waals surface area contributed by atoms with Gasteiger partial charge in [-0.2, -0.15) is 18.3 Å². The summed E-state index contributed by atoms with van der Waals surface area (Å²) in [5, 5.41) is 9.32. The Balaban J connectivity index is 1.68. The Labute approximate surface area is 174 Å². The lowest BCUT2D eigenvalue weighted by Crippen LogP contribution is -2.22. The number of H-pyrrole nitrogens is 1. The molecule has 0 saturated heterocycles. The summed E-state index contributed by atoms with van der Waals surface area (Å²) < 4.78 is 54.2. The van der Waals surface area contributed by atoms with E-state index < -0.39 is 30.2 Å². The van der Waals surface area contributed by atoms with E-state index in [-0.39, 0.29) is 30.3 Å². The van der Waals surface area contributed by atoms with Gasteiger partial charge in [0.15, 0.2) is 12.3 Å². The lowest BCUT2D eigenvalue weighted by atomic mass is 10.1. The number of aromatic nitrogens is 2. The molecule has 2 aromatic carbocycles. The summed E-state index contributed by atoms with van der Waals surface area (Å²) in [5.74, 6) is -1.68. The van der Waals surface area contributed by atoms with Crippen molar-refractivity contribution < 1.29 is 37.0 Å². The van der Waals surface area contributed by atoms with E-state index >= 15 is 0 Å². The van der Waals surface area contributed by atoms with Crippen molar-refractivity contribution >= 4 is 28.5 Å². The number of carbonyl (C=O) groups excluding carboxylic acids is 2. The molecule has 0 aliphatic heterocycles. The van der Waals surface area contributed by atoms with Crippen molar-refractivity contribution in [2.24, 2.45) is 0 Å². The third-order valence-electron chi connectivity index (χ3n) is 4.12. The number of esters is 1. The maximum absolute atomic E-state index is 13.0. The van der Waals surface area contributed by atoms with E-state index in [1.165, 1.54) is 7.11 Å². The van der Waals surface area contributed by atoms with Crippen molar-refractivity contribution in [2.45, 2.75) is 6.18 Å². The number of alkyl halides is 3. The number of nitrogens with one attached hydrogen (secondary N) is 2. The molecule has 0 fully saturated rings. The van der Waals surface area contributed by atoms with Crippen LogP contribution in [0.15, 0.2) is 42.5 Å². The number of methoxy groups -OCH3 is 1. The number of para-hydroxylation sites is 1. The molecule has 3 rings (SSSR count). The van der Waals surface area contributed by atoms with Gasteiger partial charge in [0.2, 0.25) is 0 Å². The normalized spacial score (nSPS) is 11.4. The van der Waals surface area contributed by atoms with Crippen LogP contribution in [0.5, 0.6) is 5.75 Å². The van der Waals surface area contributed by atoms with Crippen LogP contribution < -0.4 is 10.1 Å². The maximum Gasteiger partial charge on any atom is 0.416 e. The number of hydrogen-bond donors (Lipinski definition) is 2. The van der Waals surface area contributed by atoms with Crippen LogP contribution in [0.25, 0.3) is 10.9 Å². The molecule has 0 atom stereocenters. The molecule has 0 bridgehead atoms. The van der Waals surface area contributed by atoms with Gasteiger partial charge in [0.05, 0.1) is 23.4 Å². The first-order chi connectivity index (χ1) is 14.8. The standard InChI is InChI=1S/C20H18F3N3O5/c1-29-8-9-30-16-7-6-12(20(21,22)23)10-15(16)24-17(27)11-31-19(28)18-13-4-2-3-5-14(13)25-26-18/h2-7,10H,8-9,11H2,1H3,(H,24,27)(H,25,26). The smallest absolute Gasteiger partial charge is 0.416 e. The van der Waals surface area contributed by atoms with E-state index in [1.807, 2.05) is 0 Å². The van der Waals surface area contributed by atoms with Crippen molar-refractivity contribution in [2.75, 3.05) is 32.2 Å². The van der Waals surface area contributed by atoms with Crippen LogP contribution in [-0.4, -0.2) is 49.0 Å². The minimum absolute atomic E-state index is 0.00828. The van der Waals surface area contributed by atoms with Gasteiger partial charge >= 0.3 is 12.1 Å². The second-order valence-electron chi connectivity index (χ2n) is 6.29. The fraction of sp³-hybridized carbons (Fsp3) is 0.250. The zero-order valence-corrected chi connectivity index (χ0v) is 16.3. The SMILES string of the molecule is COCCOc1ccc(C(F)(F)F)cc1NC(=O)COC(=O)c1n[nH]c2ccccc12. The first kappa shape index (κ1) is 22.1. The number of benzene rings is 2. The number of fused-ring (bicyclic) bond motifs is 1. The Morgan fingerprint density at radius 2 is 1.90 bits per heavy atom. The van der Waals surface area contributed by atoms with Crippen LogP contribution in [0.2, 0.25) is 0 Å². The molecule has 0 unspecified atom stereocenters. The number of carbonyl (C=O) groups is 2. The molecule has 1 aromatic heterocycles. The molecular weight excluding hydrogens is 419 g/mol. The number of nitrogens with zero attached hydrogens (tertiary/aromatic N) is 1. The van der Waals surface area contributed by atoms with E-state index in [9.17, 15) is 22.8 Å². The van der Waals surface area contributed by atoms with Gasteiger partial charge in [0, 0.05) is 12.5 Å². The second kappa shape index (κ2) is 9.47. The van der Waals surface area contributed by atoms with Gasteiger partial charge in [-0.1, -0.05) is 18.2 Å². The molecule has 164 valence electrons. The number of rotatable bonds is 8. The molecule has 0 radical (unpaired) electrons. The molecule has 1 heterocycles. The molecular formula is C20H18F3N3O5. The van der Waals surface area contributed by atoms with Crippen LogP contribution in [0.4, 0.5) is 18.9 Å². The highest BCUT2D eigenvalue weighted by Crippen LogP contribution is 2.35. The highest BCUT2D eigenvalue weighted by Gasteiger charge is 2.31. The van der Waals surface area contributed by atoms with Crippen molar-refractivity contribution in [3.63, 3.8) is 0 Å². The summed E-state index contributed by atoms with van der Waals surface area (Å²) in [6, 6.07) is 9.50. The number of aromatic amines is 1. The molecule has 0 aliphatic rings. The predicted octanol–water partition coefficient (Wildman–Crippen LogP) is 3.40. The van der Waals surface area contributed by atoms with E-state index in [1.54, 1.807) is 24.3 Å². The number of anilines is 1. The lowest BCUT2D eigenvalue weighted by molar-refractivity contribution is -0.137. The van der Waals surface area contributed by atoms with E-state index in [2.05, 4.69) is 15.5 Å². The van der Waals surface area contributed by atoms with Gasteiger partial charge in [-0.05, 0) is 24.3 Å². The zero-order chi connectivity index (χ0) is 22.4. The number of amides is 1. The van der Waals surface area contributed by atoms with Gasteiger partial charge in [0.1, 0.15) is 12.4 Å². The predicted molar refractivity (Wildman–Crippen MR) is 104 cm³/mol. The van der Waals surface area contributed by atoms with Gasteiger partial charge in [-0.15, -0.1) is 0 Å². The largest absolute Gasteiger partial charge is 0.489 e. The highest BCUT2D eigenvalue weighted by molar-refractivity contribution is 6.03. The molecule has 8 nitrogen and oxygen atoms in total. The second-order valence-corrected chi connectivity index (χ2v) is 6.29. The van der Waals surface area contributed by atoms with Crippen molar-refractivity contribution in [1.29, 1.82) is 0 Å². The first-order valence-corrected chi connectivity index (χ1v) is 9.02. The molecule has 31 heavy (non-hydrogen) atoms. The minimum atomic E-state index is -4.61. The van der Waals surface area contributed by atoms with Crippen molar-refractivity contribution in [1.82, 2.24) is 10.2 Å². The van der Waals surface area contributed by atoms with Crippen LogP contribution in [-0.2, 0) is 20.4 Å². The van der Waals surface area contributed by atoms with Crippen LogP contribution in [0.3, 0.4) is 0 Å². The number of hydrogen-bond acceptors (Lipinski definition) is 6. The fourth-order valence-electron chi connectivity index (χ4n) is 2.67. The summed E-state index contributed by atoms with van der Waals surface area (Å²) in [6.07, 6.45) is -4.61. The molecule has 11 heteroatoms.